The van der Waals surface area contributed by atoms with Gasteiger partial charge in [0.15, 0.2) is 0 Å². The van der Waals surface area contributed by atoms with Gasteiger partial charge in [0.1, 0.15) is 6.04 Å². The molecule has 0 fully saturated rings. The zero-order valence-corrected chi connectivity index (χ0v) is 18.1. The van der Waals surface area contributed by atoms with E-state index < -0.39 is 6.04 Å². The molecule has 2 aromatic carbocycles. The summed E-state index contributed by atoms with van der Waals surface area (Å²) in [5, 5.41) is 4.18. The van der Waals surface area contributed by atoms with Crippen molar-refractivity contribution in [3.63, 3.8) is 0 Å². The summed E-state index contributed by atoms with van der Waals surface area (Å²) in [5.74, 6) is -0.109. The first-order valence-corrected chi connectivity index (χ1v) is 10.9. The van der Waals surface area contributed by atoms with Crippen molar-refractivity contribution in [2.45, 2.75) is 32.7 Å². The third kappa shape index (κ3) is 4.71. The Balaban J connectivity index is 1.42. The van der Waals surface area contributed by atoms with E-state index in [4.69, 9.17) is 0 Å². The summed E-state index contributed by atoms with van der Waals surface area (Å²) in [6.07, 6.45) is 5.27. The molecule has 1 aromatic heterocycles. The first kappa shape index (κ1) is 20.9. The van der Waals surface area contributed by atoms with Gasteiger partial charge in [0, 0.05) is 35.8 Å². The van der Waals surface area contributed by atoms with Gasteiger partial charge in [-0.1, -0.05) is 68.5 Å². The van der Waals surface area contributed by atoms with E-state index in [9.17, 15) is 9.59 Å². The molecule has 160 valence electrons. The normalized spacial score (nSPS) is 15.1. The highest BCUT2D eigenvalue weighted by Gasteiger charge is 2.29. The van der Waals surface area contributed by atoms with Gasteiger partial charge in [-0.25, -0.2) is 0 Å². The number of fused-ring (bicyclic) bond motifs is 1. The molecule has 31 heavy (non-hydrogen) atoms. The number of para-hydroxylation sites is 1. The second kappa shape index (κ2) is 9.21. The number of carbonyl (C=O) groups is 2. The number of aromatic nitrogens is 1. The Morgan fingerprint density at radius 3 is 2.52 bits per heavy atom. The Labute approximate surface area is 183 Å². The monoisotopic (exact) mass is 415 g/mol. The van der Waals surface area contributed by atoms with Gasteiger partial charge in [-0.2, -0.15) is 0 Å². The number of carbonyl (C=O) groups excluding carboxylic acids is 2. The topological polar surface area (TPSA) is 65.2 Å². The Morgan fingerprint density at radius 1 is 1.06 bits per heavy atom. The highest BCUT2D eigenvalue weighted by atomic mass is 16.2. The lowest BCUT2D eigenvalue weighted by atomic mass is 9.97. The van der Waals surface area contributed by atoms with Gasteiger partial charge in [-0.05, 0) is 29.5 Å². The van der Waals surface area contributed by atoms with Crippen LogP contribution in [0.5, 0.6) is 0 Å². The van der Waals surface area contributed by atoms with Crippen molar-refractivity contribution in [2.24, 2.45) is 5.92 Å². The second-order valence-corrected chi connectivity index (χ2v) is 8.46. The Kier molecular flexibility index (Phi) is 6.21. The maximum absolute atomic E-state index is 13.2. The average Bonchev–Trinajstić information content (AvgIpc) is 3.22. The number of aromatic amines is 1. The minimum Gasteiger partial charge on any atom is -0.361 e. The van der Waals surface area contributed by atoms with E-state index in [0.717, 1.165) is 17.5 Å². The average molecular weight is 416 g/mol. The van der Waals surface area contributed by atoms with Crippen LogP contribution in [0.15, 0.2) is 66.9 Å². The summed E-state index contributed by atoms with van der Waals surface area (Å²) in [4.78, 5) is 30.9. The molecule has 2 N–H and O–H groups in total. The van der Waals surface area contributed by atoms with Crippen molar-refractivity contribution in [1.29, 1.82) is 0 Å². The largest absolute Gasteiger partial charge is 0.361 e. The van der Waals surface area contributed by atoms with Gasteiger partial charge in [-0.3, -0.25) is 9.59 Å². The maximum atomic E-state index is 13.2. The smallest absolute Gasteiger partial charge is 0.245 e. The second-order valence-electron chi connectivity index (χ2n) is 8.46. The molecular formula is C26H29N3O2. The lowest BCUT2D eigenvalue weighted by Gasteiger charge is -2.32. The fraction of sp³-hybridized carbons (Fsp3) is 0.308. The van der Waals surface area contributed by atoms with Gasteiger partial charge in [0.25, 0.3) is 0 Å². The zero-order valence-electron chi connectivity index (χ0n) is 18.1. The Hall–Kier alpha value is -3.34. The maximum Gasteiger partial charge on any atom is 0.245 e. The summed E-state index contributed by atoms with van der Waals surface area (Å²) in [7, 11) is 0. The predicted molar refractivity (Wildman–Crippen MR) is 124 cm³/mol. The van der Waals surface area contributed by atoms with E-state index in [1.54, 1.807) is 0 Å². The van der Waals surface area contributed by atoms with Crippen molar-refractivity contribution in [3.05, 3.63) is 78.0 Å². The molecule has 5 nitrogen and oxygen atoms in total. The molecule has 0 saturated carbocycles. The number of hydrogen-bond donors (Lipinski definition) is 2. The summed E-state index contributed by atoms with van der Waals surface area (Å²) >= 11 is 0. The van der Waals surface area contributed by atoms with Crippen molar-refractivity contribution in [3.8, 4) is 0 Å². The Bertz CT molecular complexity index is 1100. The third-order valence-electron chi connectivity index (χ3n) is 5.91. The molecule has 1 atom stereocenters. The lowest BCUT2D eigenvalue weighted by Crippen LogP contribution is -2.52. The molecule has 2 amide bonds. The van der Waals surface area contributed by atoms with Crippen LogP contribution < -0.4 is 5.32 Å². The van der Waals surface area contributed by atoms with E-state index in [2.05, 4.69) is 34.7 Å². The molecular weight excluding hydrogens is 386 g/mol. The summed E-state index contributed by atoms with van der Waals surface area (Å²) in [6, 6.07) is 17.4. The summed E-state index contributed by atoms with van der Waals surface area (Å²) in [6.45, 7) is 5.17. The first-order chi connectivity index (χ1) is 15.0. The van der Waals surface area contributed by atoms with E-state index in [-0.39, 0.29) is 24.2 Å². The van der Waals surface area contributed by atoms with Gasteiger partial charge >= 0.3 is 0 Å². The SMILES string of the molecule is CC(C)[C@@H](NC(=O)Cc1ccccc1)C(=O)N1CC=C(c2c[nH]c3ccccc23)CC1. The van der Waals surface area contributed by atoms with Gasteiger partial charge in [-0.15, -0.1) is 0 Å². The zero-order chi connectivity index (χ0) is 21.8. The van der Waals surface area contributed by atoms with E-state index in [1.165, 1.54) is 16.5 Å². The number of amides is 2. The molecule has 0 unspecified atom stereocenters. The molecule has 3 aromatic rings. The molecule has 1 aliphatic heterocycles. The number of benzene rings is 2. The molecule has 0 aliphatic carbocycles. The third-order valence-corrected chi connectivity index (χ3v) is 5.91. The van der Waals surface area contributed by atoms with Gasteiger partial charge < -0.3 is 15.2 Å². The molecule has 0 spiro atoms. The van der Waals surface area contributed by atoms with E-state index in [0.29, 0.717) is 13.1 Å². The quantitative estimate of drug-likeness (QED) is 0.635. The molecule has 0 saturated heterocycles. The van der Waals surface area contributed by atoms with Crippen LogP contribution >= 0.6 is 0 Å². The van der Waals surface area contributed by atoms with Crippen molar-refractivity contribution in [2.75, 3.05) is 13.1 Å². The molecule has 0 radical (unpaired) electrons. The van der Waals surface area contributed by atoms with Crippen LogP contribution in [-0.4, -0.2) is 40.8 Å². The van der Waals surface area contributed by atoms with Crippen LogP contribution in [-0.2, 0) is 16.0 Å². The van der Waals surface area contributed by atoms with Crippen molar-refractivity contribution in [1.82, 2.24) is 15.2 Å². The number of H-pyrrole nitrogens is 1. The van der Waals surface area contributed by atoms with Gasteiger partial charge in [0.05, 0.1) is 6.42 Å². The Morgan fingerprint density at radius 2 is 1.81 bits per heavy atom. The lowest BCUT2D eigenvalue weighted by molar-refractivity contribution is -0.137. The van der Waals surface area contributed by atoms with Crippen LogP contribution in [0.3, 0.4) is 0 Å². The fourth-order valence-electron chi connectivity index (χ4n) is 4.17. The predicted octanol–water partition coefficient (Wildman–Crippen LogP) is 4.17. The minimum absolute atomic E-state index is 0.00867. The molecule has 4 rings (SSSR count). The van der Waals surface area contributed by atoms with Crippen LogP contribution in [0.25, 0.3) is 16.5 Å². The summed E-state index contributed by atoms with van der Waals surface area (Å²) in [5.41, 5.74) is 4.53. The molecule has 1 aliphatic rings. The first-order valence-electron chi connectivity index (χ1n) is 10.9. The number of rotatable bonds is 6. The van der Waals surface area contributed by atoms with Crippen LogP contribution in [0.1, 0.15) is 31.4 Å². The van der Waals surface area contributed by atoms with Crippen LogP contribution in [0.2, 0.25) is 0 Å². The van der Waals surface area contributed by atoms with Crippen LogP contribution in [0, 0.1) is 5.92 Å². The molecule has 2 heterocycles. The number of nitrogens with one attached hydrogen (secondary N) is 2. The van der Waals surface area contributed by atoms with Crippen molar-refractivity contribution >= 4 is 28.3 Å². The molecule has 5 heteroatoms. The standard InChI is InChI=1S/C26H29N3O2/c1-18(2)25(28-24(30)16-19-8-4-3-5-9-19)26(31)29-14-12-20(13-15-29)22-17-27-23-11-7-6-10-21(22)23/h3-12,17-18,25,27H,13-16H2,1-2H3,(H,28,30)/t25-/m1/s1. The van der Waals surface area contributed by atoms with E-state index >= 15 is 0 Å². The van der Waals surface area contributed by atoms with Gasteiger partial charge in [0.2, 0.25) is 11.8 Å². The minimum atomic E-state index is -0.515. The van der Waals surface area contributed by atoms with E-state index in [1.807, 2.05) is 61.2 Å². The van der Waals surface area contributed by atoms with Crippen molar-refractivity contribution < 1.29 is 9.59 Å². The fourth-order valence-corrected chi connectivity index (χ4v) is 4.17. The highest BCUT2D eigenvalue weighted by Crippen LogP contribution is 2.29. The molecule has 0 bridgehead atoms. The highest BCUT2D eigenvalue weighted by molar-refractivity contribution is 5.93. The van der Waals surface area contributed by atoms with Crippen LogP contribution in [0.4, 0.5) is 0 Å². The summed E-state index contributed by atoms with van der Waals surface area (Å²) < 4.78 is 0. The number of nitrogens with zero attached hydrogens (tertiary/aromatic N) is 1. The number of hydrogen-bond acceptors (Lipinski definition) is 2.